The zero-order valence-electron chi connectivity index (χ0n) is 53.6. The van der Waals surface area contributed by atoms with E-state index in [1.807, 2.05) is 0 Å². The molecular weight excluding hydrogens is 1150 g/mol. The van der Waals surface area contributed by atoms with Crippen molar-refractivity contribution in [3.63, 3.8) is 0 Å². The molecule has 5 unspecified atom stereocenters. The molecule has 4 N–H and O–H groups in total. The first-order valence-corrected chi connectivity index (χ1v) is 35.8. The summed E-state index contributed by atoms with van der Waals surface area (Å²) in [5, 5.41) is 20.5. The van der Waals surface area contributed by atoms with E-state index in [-0.39, 0.29) is 19.3 Å². The normalized spacial score (nSPS) is 15.1. The molecule has 0 heterocycles. The van der Waals surface area contributed by atoms with Gasteiger partial charge in [-0.3, -0.25) is 32.5 Å². The molecule has 0 aliphatic carbocycles. The summed E-state index contributed by atoms with van der Waals surface area (Å²) < 4.78 is 60.8. The number of phosphoric ester groups is 2. The van der Waals surface area contributed by atoms with E-state index < -0.39 is 91.5 Å². The van der Waals surface area contributed by atoms with Crippen LogP contribution in [0.5, 0.6) is 0 Å². The lowest BCUT2D eigenvalue weighted by atomic mass is 10.1. The quantitative estimate of drug-likeness (QED) is 0.0146. The Hall–Kier alpha value is -4.05. The van der Waals surface area contributed by atoms with Crippen LogP contribution in [0.15, 0.2) is 122 Å². The van der Waals surface area contributed by atoms with Gasteiger partial charge in [0.05, 0.1) is 26.4 Å². The van der Waals surface area contributed by atoms with E-state index in [4.69, 9.17) is 32.3 Å². The fourth-order valence-corrected chi connectivity index (χ4v) is 9.75. The van der Waals surface area contributed by atoms with Gasteiger partial charge < -0.3 is 34.2 Å². The lowest BCUT2D eigenvalue weighted by Gasteiger charge is -2.21. The van der Waals surface area contributed by atoms with Gasteiger partial charge in [0, 0.05) is 19.3 Å². The smallest absolute Gasteiger partial charge is 0.463 e. The van der Waals surface area contributed by atoms with Crippen LogP contribution in [0.25, 0.3) is 0 Å². The van der Waals surface area contributed by atoms with E-state index in [1.54, 1.807) is 0 Å². The molecule has 0 saturated heterocycles. The SMILES string of the molecule is CC/C=C\C/C=C\C/C=C\C/C=C\C/C=C\CCCCCCCC(=O)OCC(O)COP(=O)(O)OCC(O)COP(=O)(O)OCC(COC(=O)CCCCCCC/C=C\C/C=C\C/C=C\CC)OC(=O)CCCCCCC/C=C\C/C=C\CCCCC. The average Bonchev–Trinajstić information content (AvgIpc) is 3.68. The number of allylic oxidation sites excluding steroid dienone is 20. The van der Waals surface area contributed by atoms with Crippen LogP contribution in [-0.4, -0.2) is 95.9 Å². The Bertz CT molecular complexity index is 2070. The third-order valence-electron chi connectivity index (χ3n) is 13.2. The Morgan fingerprint density at radius 2 is 0.609 bits per heavy atom. The lowest BCUT2D eigenvalue weighted by Crippen LogP contribution is -2.30. The van der Waals surface area contributed by atoms with Crippen molar-refractivity contribution in [2.24, 2.45) is 0 Å². The second-order valence-electron chi connectivity index (χ2n) is 21.5. The number of rotatable bonds is 61. The van der Waals surface area contributed by atoms with Crippen molar-refractivity contribution in [1.29, 1.82) is 0 Å². The first-order chi connectivity index (χ1) is 42.2. The molecule has 0 aliphatic heterocycles. The number of hydrogen-bond donors (Lipinski definition) is 4. The molecule has 16 nitrogen and oxygen atoms in total. The number of hydrogen-bond acceptors (Lipinski definition) is 14. The third kappa shape index (κ3) is 63.3. The Labute approximate surface area is 525 Å². The summed E-state index contributed by atoms with van der Waals surface area (Å²) in [4.78, 5) is 58.3. The van der Waals surface area contributed by atoms with Crippen molar-refractivity contribution < 1.29 is 75.8 Å². The zero-order valence-corrected chi connectivity index (χ0v) is 55.4. The van der Waals surface area contributed by atoms with Gasteiger partial charge in [-0.15, -0.1) is 0 Å². The van der Waals surface area contributed by atoms with Gasteiger partial charge in [0.25, 0.3) is 0 Å². The van der Waals surface area contributed by atoms with Crippen LogP contribution < -0.4 is 0 Å². The largest absolute Gasteiger partial charge is 0.472 e. The predicted molar refractivity (Wildman–Crippen MR) is 353 cm³/mol. The number of aliphatic hydroxyl groups is 2. The molecule has 0 bridgehead atoms. The molecule has 5 atom stereocenters. The number of aliphatic hydroxyl groups excluding tert-OH is 2. The van der Waals surface area contributed by atoms with Crippen LogP contribution >= 0.6 is 15.6 Å². The predicted octanol–water partition coefficient (Wildman–Crippen LogP) is 17.9. The highest BCUT2D eigenvalue weighted by Crippen LogP contribution is 2.45. The summed E-state index contributed by atoms with van der Waals surface area (Å²) in [5.41, 5.74) is 0. The minimum absolute atomic E-state index is 0.0814. The Kier molecular flexibility index (Phi) is 59.3. The lowest BCUT2D eigenvalue weighted by molar-refractivity contribution is -0.161. The minimum atomic E-state index is -4.93. The average molecular weight is 1260 g/mol. The van der Waals surface area contributed by atoms with Crippen LogP contribution in [0, 0.1) is 0 Å². The molecule has 0 radical (unpaired) electrons. The first-order valence-electron chi connectivity index (χ1n) is 32.8. The van der Waals surface area contributed by atoms with Gasteiger partial charge in [-0.2, -0.15) is 0 Å². The Balaban J connectivity index is 4.69. The minimum Gasteiger partial charge on any atom is -0.463 e. The van der Waals surface area contributed by atoms with Crippen LogP contribution in [0.1, 0.15) is 239 Å². The van der Waals surface area contributed by atoms with Crippen molar-refractivity contribution >= 4 is 33.6 Å². The van der Waals surface area contributed by atoms with Gasteiger partial charge in [-0.1, -0.05) is 213 Å². The molecule has 0 rings (SSSR count). The van der Waals surface area contributed by atoms with Gasteiger partial charge in [-0.25, -0.2) is 9.13 Å². The second kappa shape index (κ2) is 62.2. The first kappa shape index (κ1) is 83.0. The van der Waals surface area contributed by atoms with Crippen molar-refractivity contribution in [2.45, 2.75) is 257 Å². The van der Waals surface area contributed by atoms with Gasteiger partial charge in [0.1, 0.15) is 25.4 Å². The van der Waals surface area contributed by atoms with E-state index in [0.29, 0.717) is 19.3 Å². The number of ether oxygens (including phenoxy) is 3. The van der Waals surface area contributed by atoms with Crippen LogP contribution in [-0.2, 0) is 55.8 Å². The van der Waals surface area contributed by atoms with Gasteiger partial charge in [0.2, 0.25) is 0 Å². The van der Waals surface area contributed by atoms with Crippen LogP contribution in [0.4, 0.5) is 0 Å². The topological polar surface area (TPSA) is 231 Å². The molecule has 0 saturated carbocycles. The summed E-state index contributed by atoms with van der Waals surface area (Å²) in [5.74, 6) is -1.63. The molecule has 498 valence electrons. The second-order valence-corrected chi connectivity index (χ2v) is 24.4. The molecular formula is C69H116O16P2. The summed E-state index contributed by atoms with van der Waals surface area (Å²) in [6, 6.07) is 0. The number of phosphoric acid groups is 2. The highest BCUT2D eigenvalue weighted by atomic mass is 31.2. The summed E-state index contributed by atoms with van der Waals surface area (Å²) >= 11 is 0. The van der Waals surface area contributed by atoms with E-state index in [9.17, 15) is 43.5 Å². The summed E-state index contributed by atoms with van der Waals surface area (Å²) in [6.07, 6.45) is 69.6. The van der Waals surface area contributed by atoms with E-state index in [0.717, 1.165) is 161 Å². The molecule has 0 aliphatic rings. The summed E-state index contributed by atoms with van der Waals surface area (Å²) in [6.45, 7) is 2.33. The molecule has 87 heavy (non-hydrogen) atoms. The maximum Gasteiger partial charge on any atom is 0.472 e. The Morgan fingerprint density at radius 3 is 0.966 bits per heavy atom. The molecule has 0 amide bonds. The van der Waals surface area contributed by atoms with Crippen molar-refractivity contribution in [2.75, 3.05) is 39.6 Å². The van der Waals surface area contributed by atoms with Crippen molar-refractivity contribution in [3.05, 3.63) is 122 Å². The van der Waals surface area contributed by atoms with Crippen LogP contribution in [0.2, 0.25) is 0 Å². The van der Waals surface area contributed by atoms with E-state index in [2.05, 4.69) is 142 Å². The number of carbonyl (C=O) groups excluding carboxylic acids is 3. The van der Waals surface area contributed by atoms with Crippen molar-refractivity contribution in [1.82, 2.24) is 0 Å². The molecule has 0 aromatic heterocycles. The molecule has 0 spiro atoms. The van der Waals surface area contributed by atoms with E-state index >= 15 is 0 Å². The highest BCUT2D eigenvalue weighted by molar-refractivity contribution is 7.47. The number of carbonyl (C=O) groups is 3. The molecule has 0 fully saturated rings. The zero-order chi connectivity index (χ0) is 63.8. The molecule has 0 aromatic rings. The number of esters is 3. The van der Waals surface area contributed by atoms with Gasteiger partial charge in [-0.05, 0) is 128 Å². The fourth-order valence-electron chi connectivity index (χ4n) is 8.17. The fraction of sp³-hybridized carbons (Fsp3) is 0.667. The van der Waals surface area contributed by atoms with E-state index in [1.165, 1.54) is 19.3 Å². The summed E-state index contributed by atoms with van der Waals surface area (Å²) in [7, 11) is -9.79. The van der Waals surface area contributed by atoms with Crippen molar-refractivity contribution in [3.8, 4) is 0 Å². The molecule has 18 heteroatoms. The Morgan fingerprint density at radius 1 is 0.333 bits per heavy atom. The molecule has 0 aromatic carbocycles. The monoisotopic (exact) mass is 1260 g/mol. The number of unbranched alkanes of at least 4 members (excludes halogenated alkanes) is 18. The standard InChI is InChI=1S/C69H116O16P2/c1-4-7-10-13-16-19-22-25-28-29-30-31-32-33-36-38-40-43-46-49-52-55-67(72)79-58-64(70)59-81-86(75,76)82-60-65(71)61-83-87(77,78)84-63-66(85-69(74)57-54-51-48-45-42-39-35-27-24-21-18-15-12-9-6-3)62-80-68(73)56-53-50-47-44-41-37-34-26-23-20-17-14-11-8-5-2/h7-8,10-11,16-21,25-28,30-31,33-36,64-66,70-71H,4-6,9,12-15,22-24,29,32,37-63H2,1-3H3,(H,75,76)(H,77,78)/b10-7-,11-8-,19-16-,20-17-,21-18-,28-25-,31-30-,34-26-,35-27-,36-33-. The third-order valence-corrected chi connectivity index (χ3v) is 15.1. The maximum atomic E-state index is 12.9. The van der Waals surface area contributed by atoms with Crippen LogP contribution in [0.3, 0.4) is 0 Å². The van der Waals surface area contributed by atoms with Gasteiger partial charge in [0.15, 0.2) is 6.10 Å². The maximum absolute atomic E-state index is 12.9. The van der Waals surface area contributed by atoms with Gasteiger partial charge >= 0.3 is 33.6 Å². The highest BCUT2D eigenvalue weighted by Gasteiger charge is 2.29.